The number of nitrogens with two attached hydrogens (primary N) is 1. The Morgan fingerprint density at radius 2 is 1.79 bits per heavy atom. The molecule has 0 bridgehead atoms. The van der Waals surface area contributed by atoms with Gasteiger partial charge in [-0.1, -0.05) is 73.0 Å². The molecule has 3 fully saturated rings. The third kappa shape index (κ3) is 5.28. The van der Waals surface area contributed by atoms with E-state index in [0.29, 0.717) is 16.9 Å². The van der Waals surface area contributed by atoms with Crippen LogP contribution in [0.2, 0.25) is 0 Å². The average molecular weight is 460 g/mol. The number of rotatable bonds is 9. The smallest absolute Gasteiger partial charge is 0.0612 e. The van der Waals surface area contributed by atoms with Crippen molar-refractivity contribution in [3.05, 3.63) is 11.6 Å². The van der Waals surface area contributed by atoms with Gasteiger partial charge in [-0.05, 0) is 111 Å². The van der Waals surface area contributed by atoms with Crippen molar-refractivity contribution < 1.29 is 4.74 Å². The van der Waals surface area contributed by atoms with Crippen LogP contribution in [0.25, 0.3) is 0 Å². The van der Waals surface area contributed by atoms with Crippen LogP contribution in [0.5, 0.6) is 0 Å². The summed E-state index contributed by atoms with van der Waals surface area (Å²) in [5, 5.41) is 0. The summed E-state index contributed by atoms with van der Waals surface area (Å²) in [7, 11) is 0. The summed E-state index contributed by atoms with van der Waals surface area (Å²) >= 11 is 0. The Morgan fingerprint density at radius 1 is 1.00 bits per heavy atom. The van der Waals surface area contributed by atoms with Crippen LogP contribution < -0.4 is 5.73 Å². The number of fused-ring (bicyclic) bond motifs is 5. The van der Waals surface area contributed by atoms with Gasteiger partial charge in [0.2, 0.25) is 0 Å². The van der Waals surface area contributed by atoms with Gasteiger partial charge in [0, 0.05) is 6.61 Å². The van der Waals surface area contributed by atoms with Crippen LogP contribution >= 0.6 is 0 Å². The molecule has 33 heavy (non-hydrogen) atoms. The van der Waals surface area contributed by atoms with Crippen LogP contribution in [0.15, 0.2) is 11.6 Å². The summed E-state index contributed by atoms with van der Waals surface area (Å²) < 4.78 is 6.21. The minimum atomic E-state index is 0. The predicted molar refractivity (Wildman–Crippen MR) is 143 cm³/mol. The summed E-state index contributed by atoms with van der Waals surface area (Å²) in [5.41, 5.74) is 8.47. The van der Waals surface area contributed by atoms with Gasteiger partial charge in [-0.15, -0.1) is 0 Å². The van der Waals surface area contributed by atoms with Crippen molar-refractivity contribution in [2.45, 2.75) is 125 Å². The Morgan fingerprint density at radius 3 is 2.52 bits per heavy atom. The van der Waals surface area contributed by atoms with Gasteiger partial charge in [0.1, 0.15) is 0 Å². The van der Waals surface area contributed by atoms with E-state index in [9.17, 15) is 0 Å². The lowest BCUT2D eigenvalue weighted by atomic mass is 9.47. The summed E-state index contributed by atoms with van der Waals surface area (Å²) in [6.07, 6.45) is 19.5. The monoisotopic (exact) mass is 459 g/mol. The van der Waals surface area contributed by atoms with Gasteiger partial charge < -0.3 is 10.5 Å². The Labute approximate surface area is 206 Å². The van der Waals surface area contributed by atoms with Crippen LogP contribution in [-0.4, -0.2) is 19.3 Å². The van der Waals surface area contributed by atoms with E-state index in [1.807, 2.05) is 0 Å². The molecule has 0 aromatic carbocycles. The topological polar surface area (TPSA) is 35.2 Å². The maximum Gasteiger partial charge on any atom is 0.0612 e. The average Bonchev–Trinajstić information content (AvgIpc) is 3.11. The Bertz CT molecular complexity index is 655. The summed E-state index contributed by atoms with van der Waals surface area (Å²) in [6, 6.07) is 0. The van der Waals surface area contributed by atoms with Crippen LogP contribution in [-0.2, 0) is 4.74 Å². The predicted octanol–water partition coefficient (Wildman–Crippen LogP) is 8.40. The molecule has 192 valence electrons. The molecule has 8 atom stereocenters. The lowest BCUT2D eigenvalue weighted by Gasteiger charge is -2.58. The molecule has 0 aliphatic heterocycles. The van der Waals surface area contributed by atoms with Gasteiger partial charge in [-0.3, -0.25) is 0 Å². The van der Waals surface area contributed by atoms with Crippen molar-refractivity contribution >= 4 is 0 Å². The minimum Gasteiger partial charge on any atom is -0.378 e. The molecule has 4 rings (SSSR count). The fraction of sp³-hybridized carbons (Fsp3) is 0.935. The van der Waals surface area contributed by atoms with Gasteiger partial charge >= 0.3 is 0 Å². The zero-order chi connectivity index (χ0) is 22.9. The first-order valence-electron chi connectivity index (χ1n) is 14.3. The molecule has 4 aliphatic rings. The van der Waals surface area contributed by atoms with E-state index in [4.69, 9.17) is 10.5 Å². The van der Waals surface area contributed by atoms with Crippen LogP contribution in [0, 0.1) is 46.3 Å². The van der Waals surface area contributed by atoms with E-state index < -0.39 is 0 Å². The lowest BCUT2D eigenvalue weighted by Crippen LogP contribution is -2.51. The molecule has 0 aromatic heterocycles. The maximum atomic E-state index is 6.21. The van der Waals surface area contributed by atoms with Crippen molar-refractivity contribution in [2.24, 2.45) is 52.1 Å². The second-order valence-corrected chi connectivity index (χ2v) is 13.2. The molecule has 0 spiro atoms. The molecule has 0 heterocycles. The fourth-order valence-corrected chi connectivity index (χ4v) is 9.13. The number of hydrogen-bond acceptors (Lipinski definition) is 2. The molecule has 4 aliphatic carbocycles. The Kier molecular flexibility index (Phi) is 9.21. The van der Waals surface area contributed by atoms with Crippen molar-refractivity contribution in [3.63, 3.8) is 0 Å². The van der Waals surface area contributed by atoms with Gasteiger partial charge in [0.15, 0.2) is 0 Å². The van der Waals surface area contributed by atoms with Crippen molar-refractivity contribution in [3.8, 4) is 0 Å². The highest BCUT2D eigenvalue weighted by Crippen LogP contribution is 2.67. The number of allylic oxidation sites excluding steroid dienone is 1. The Balaban J connectivity index is 0.00000306. The zero-order valence-corrected chi connectivity index (χ0v) is 22.0. The third-order valence-corrected chi connectivity index (χ3v) is 11.0. The van der Waals surface area contributed by atoms with Gasteiger partial charge in [-0.2, -0.15) is 0 Å². The zero-order valence-electron chi connectivity index (χ0n) is 22.0. The molecule has 2 heteroatoms. The first-order valence-corrected chi connectivity index (χ1v) is 14.3. The van der Waals surface area contributed by atoms with Gasteiger partial charge in [0.25, 0.3) is 0 Å². The highest BCUT2D eigenvalue weighted by molar-refractivity contribution is 5.25. The van der Waals surface area contributed by atoms with Crippen LogP contribution in [0.4, 0.5) is 0 Å². The first-order chi connectivity index (χ1) is 15.3. The molecular weight excluding hydrogens is 402 g/mol. The molecule has 0 unspecified atom stereocenters. The van der Waals surface area contributed by atoms with Crippen molar-refractivity contribution in [1.29, 1.82) is 0 Å². The molecule has 3 saturated carbocycles. The number of ether oxygens (including phenoxy) is 1. The van der Waals surface area contributed by atoms with Crippen molar-refractivity contribution in [1.82, 2.24) is 0 Å². The van der Waals surface area contributed by atoms with E-state index >= 15 is 0 Å². The van der Waals surface area contributed by atoms with Crippen molar-refractivity contribution in [2.75, 3.05) is 13.2 Å². The molecule has 0 amide bonds. The quantitative estimate of drug-likeness (QED) is 0.277. The second kappa shape index (κ2) is 11.2. The number of hydrogen-bond donors (Lipinski definition) is 1. The van der Waals surface area contributed by atoms with Gasteiger partial charge in [0.05, 0.1) is 6.10 Å². The van der Waals surface area contributed by atoms with E-state index in [0.717, 1.165) is 55.1 Å². The summed E-state index contributed by atoms with van der Waals surface area (Å²) in [5.74, 6) is 5.55. The highest BCUT2D eigenvalue weighted by atomic mass is 16.5. The largest absolute Gasteiger partial charge is 0.378 e. The molecule has 2 nitrogen and oxygen atoms in total. The normalized spacial score (nSPS) is 40.9. The Hall–Kier alpha value is -0.340. The molecule has 0 radical (unpaired) electrons. The minimum absolute atomic E-state index is 0. The third-order valence-electron chi connectivity index (χ3n) is 11.0. The first kappa shape index (κ1) is 27.3. The second-order valence-electron chi connectivity index (χ2n) is 13.2. The summed E-state index contributed by atoms with van der Waals surface area (Å²) in [6.45, 7) is 14.3. The van der Waals surface area contributed by atoms with E-state index in [1.165, 1.54) is 70.6 Å². The molecular formula is C31H57NO. The summed E-state index contributed by atoms with van der Waals surface area (Å²) in [4.78, 5) is 0. The molecule has 2 N–H and O–H groups in total. The molecule has 0 saturated heterocycles. The lowest BCUT2D eigenvalue weighted by molar-refractivity contribution is -0.0639. The maximum absolute atomic E-state index is 6.21. The SMILES string of the molecule is C.CC(C)CCC[C@@H](C)[C@H]1CC[C@H]2[C@@H]3CC=C4C[C@@H](OCCCN)CC[C@]4(C)[C@H]3CC[C@]12C. The van der Waals surface area contributed by atoms with E-state index in [-0.39, 0.29) is 7.43 Å². The molecule has 0 aromatic rings. The highest BCUT2D eigenvalue weighted by Gasteiger charge is 2.59. The van der Waals surface area contributed by atoms with Crippen LogP contribution in [0.1, 0.15) is 119 Å². The van der Waals surface area contributed by atoms with E-state index in [2.05, 4.69) is 40.7 Å². The van der Waals surface area contributed by atoms with Crippen LogP contribution in [0.3, 0.4) is 0 Å². The van der Waals surface area contributed by atoms with E-state index in [1.54, 1.807) is 5.57 Å². The standard InChI is InChI=1S/C30H53NO.CH4/c1-21(2)8-6-9-22(3)26-12-13-27-25-11-10-23-20-24(32-19-7-18-31)14-16-29(23,4)28(25)15-17-30(26,27)5;/h10,21-22,24-28H,6-9,11-20,31H2,1-5H3;1H4/t22-,24+,25+,26-,27+,28+,29+,30-;/m1./s1. The van der Waals surface area contributed by atoms with Gasteiger partial charge in [-0.25, -0.2) is 0 Å². The fourth-order valence-electron chi connectivity index (χ4n) is 9.13.